The van der Waals surface area contributed by atoms with Gasteiger partial charge < -0.3 is 4.57 Å². The summed E-state index contributed by atoms with van der Waals surface area (Å²) in [7, 11) is 0. The van der Waals surface area contributed by atoms with Gasteiger partial charge in [-0.05, 0) is 51.4 Å². The molecule has 3 aromatic heterocycles. The third kappa shape index (κ3) is 6.47. The van der Waals surface area contributed by atoms with Crippen LogP contribution in [0.25, 0.3) is 33.7 Å². The highest BCUT2D eigenvalue weighted by Gasteiger charge is 2.22. The first-order valence-electron chi connectivity index (χ1n) is 16.1. The van der Waals surface area contributed by atoms with E-state index in [2.05, 4.69) is 63.9 Å². The van der Waals surface area contributed by atoms with Crippen molar-refractivity contribution in [2.45, 2.75) is 72.5 Å². The highest BCUT2D eigenvalue weighted by molar-refractivity contribution is 5.80. The number of aromatic amines is 1. The van der Waals surface area contributed by atoms with E-state index < -0.39 is 0 Å². The zero-order chi connectivity index (χ0) is 32.0. The average Bonchev–Trinajstić information content (AvgIpc) is 3.73. The van der Waals surface area contributed by atoms with Gasteiger partial charge >= 0.3 is 5.69 Å². The van der Waals surface area contributed by atoms with Crippen LogP contribution in [-0.2, 0) is 32.5 Å². The first-order chi connectivity index (χ1) is 22.4. The van der Waals surface area contributed by atoms with E-state index in [9.17, 15) is 9.59 Å². The van der Waals surface area contributed by atoms with Gasteiger partial charge in [0, 0.05) is 31.6 Å². The van der Waals surface area contributed by atoms with E-state index in [4.69, 9.17) is 4.98 Å². The van der Waals surface area contributed by atoms with Crippen LogP contribution in [0.4, 0.5) is 0 Å². The maximum atomic E-state index is 14.1. The van der Waals surface area contributed by atoms with Crippen molar-refractivity contribution in [3.63, 3.8) is 0 Å². The lowest BCUT2D eigenvalue weighted by Gasteiger charge is -2.15. The zero-order valence-corrected chi connectivity index (χ0v) is 26.7. The molecule has 0 aliphatic carbocycles. The molecule has 46 heavy (non-hydrogen) atoms. The highest BCUT2D eigenvalue weighted by atomic mass is 16.2. The minimum Gasteiger partial charge on any atom is -0.318 e. The first-order valence-corrected chi connectivity index (χ1v) is 16.1. The predicted molar refractivity (Wildman–Crippen MR) is 181 cm³/mol. The van der Waals surface area contributed by atoms with E-state index in [-0.39, 0.29) is 17.2 Å². The number of benzene rings is 3. The number of H-pyrrole nitrogens is 1. The number of aromatic nitrogens is 8. The van der Waals surface area contributed by atoms with Crippen molar-refractivity contribution >= 4 is 11.2 Å². The van der Waals surface area contributed by atoms with Crippen LogP contribution in [0.1, 0.15) is 57.0 Å². The number of nitrogens with zero attached hydrogens (tertiary/aromatic N) is 7. The van der Waals surface area contributed by atoms with E-state index in [1.54, 1.807) is 4.57 Å². The van der Waals surface area contributed by atoms with Crippen LogP contribution in [0.15, 0.2) is 88.5 Å². The molecule has 0 spiro atoms. The first kappa shape index (κ1) is 30.9. The average molecular weight is 617 g/mol. The van der Waals surface area contributed by atoms with Crippen molar-refractivity contribution in [1.82, 2.24) is 39.3 Å². The Hall–Kier alpha value is -5.12. The van der Waals surface area contributed by atoms with Gasteiger partial charge in [-0.1, -0.05) is 112 Å². The Morgan fingerprint density at radius 3 is 2.22 bits per heavy atom. The minimum absolute atomic E-state index is 0.133. The van der Waals surface area contributed by atoms with Crippen molar-refractivity contribution in [2.24, 2.45) is 5.92 Å². The quantitative estimate of drug-likeness (QED) is 0.162. The Morgan fingerprint density at radius 1 is 0.783 bits per heavy atom. The van der Waals surface area contributed by atoms with E-state index in [0.717, 1.165) is 59.3 Å². The van der Waals surface area contributed by atoms with Gasteiger partial charge in [-0.3, -0.25) is 13.9 Å². The van der Waals surface area contributed by atoms with E-state index in [1.807, 2.05) is 60.9 Å². The summed E-state index contributed by atoms with van der Waals surface area (Å²) in [4.78, 5) is 33.0. The number of imidazole rings is 1. The van der Waals surface area contributed by atoms with Crippen molar-refractivity contribution < 1.29 is 0 Å². The normalized spacial score (nSPS) is 11.6. The molecule has 0 unspecified atom stereocenters. The maximum Gasteiger partial charge on any atom is 0.332 e. The molecule has 236 valence electrons. The molecule has 6 rings (SSSR count). The van der Waals surface area contributed by atoms with Gasteiger partial charge in [0.25, 0.3) is 5.56 Å². The number of unbranched alkanes of at least 4 members (excludes halogenated alkanes) is 2. The number of tetrazole rings is 1. The molecule has 0 saturated carbocycles. The van der Waals surface area contributed by atoms with E-state index in [0.29, 0.717) is 43.0 Å². The molecule has 0 amide bonds. The number of nitrogens with one attached hydrogen (secondary N) is 1. The number of fused-ring (bicyclic) bond motifs is 1. The van der Waals surface area contributed by atoms with Crippen LogP contribution in [-0.4, -0.2) is 39.3 Å². The molecule has 10 heteroatoms. The molecule has 0 atom stereocenters. The Kier molecular flexibility index (Phi) is 9.33. The Balaban J connectivity index is 1.43. The fraction of sp³-hybridized carbons (Fsp3) is 0.333. The second-order valence-electron chi connectivity index (χ2n) is 12.2. The Labute approximate surface area is 267 Å². The van der Waals surface area contributed by atoms with Crippen LogP contribution < -0.4 is 11.2 Å². The summed E-state index contributed by atoms with van der Waals surface area (Å²) in [6, 6.07) is 26.5. The summed E-state index contributed by atoms with van der Waals surface area (Å²) >= 11 is 0. The van der Waals surface area contributed by atoms with Crippen LogP contribution >= 0.6 is 0 Å². The van der Waals surface area contributed by atoms with Gasteiger partial charge in [-0.2, -0.15) is 0 Å². The Bertz CT molecular complexity index is 2020. The maximum absolute atomic E-state index is 14.1. The van der Waals surface area contributed by atoms with Gasteiger partial charge in [-0.25, -0.2) is 14.9 Å². The molecule has 0 aliphatic heterocycles. The summed E-state index contributed by atoms with van der Waals surface area (Å²) in [5.41, 5.74) is 5.53. The molecule has 0 saturated heterocycles. The number of aryl methyl sites for hydroxylation is 3. The summed E-state index contributed by atoms with van der Waals surface area (Å²) in [6.07, 6.45) is 4.50. The largest absolute Gasteiger partial charge is 0.332 e. The van der Waals surface area contributed by atoms with Crippen LogP contribution in [0.5, 0.6) is 0 Å². The smallest absolute Gasteiger partial charge is 0.318 e. The molecule has 0 aliphatic rings. The molecule has 3 heterocycles. The predicted octanol–water partition coefficient (Wildman–Crippen LogP) is 5.89. The number of hydrogen-bond donors (Lipinski definition) is 1. The van der Waals surface area contributed by atoms with Crippen LogP contribution in [0.3, 0.4) is 0 Å². The molecular formula is C36H40N8O2. The molecule has 0 bridgehead atoms. The van der Waals surface area contributed by atoms with Crippen molar-refractivity contribution in [1.29, 1.82) is 0 Å². The van der Waals surface area contributed by atoms with E-state index >= 15 is 0 Å². The minimum atomic E-state index is -0.295. The van der Waals surface area contributed by atoms with Gasteiger partial charge in [-0.15, -0.1) is 5.10 Å². The van der Waals surface area contributed by atoms with Crippen LogP contribution in [0.2, 0.25) is 0 Å². The fourth-order valence-corrected chi connectivity index (χ4v) is 6.03. The SMILES string of the molecule is CCCCCc1nc2c(c(=O)n(CC(C)C)c(=O)n2CCc2ccccc2)n1Cc1ccc(-c2ccccc2-c2nnn[nH]2)cc1. The second kappa shape index (κ2) is 13.9. The molecule has 0 fully saturated rings. The molecular weight excluding hydrogens is 576 g/mol. The summed E-state index contributed by atoms with van der Waals surface area (Å²) in [5, 5.41) is 14.4. The standard InChI is InChI=1S/C36H40N8O2/c1-4-5-7-16-31-37-34-32(35(45)44(23-25(2)3)36(46)42(34)22-21-26-12-8-6-9-13-26)43(31)24-27-17-19-28(20-18-27)29-14-10-11-15-30(29)33-38-40-41-39-33/h6,8-15,17-20,25H,4-5,7,16,21-24H2,1-3H3,(H,38,39,40,41). The van der Waals surface area contributed by atoms with Crippen molar-refractivity contribution in [2.75, 3.05) is 0 Å². The summed E-state index contributed by atoms with van der Waals surface area (Å²) in [5.74, 6) is 1.58. The van der Waals surface area contributed by atoms with Gasteiger partial charge in [0.2, 0.25) is 0 Å². The van der Waals surface area contributed by atoms with Crippen LogP contribution in [0, 0.1) is 5.92 Å². The monoisotopic (exact) mass is 616 g/mol. The summed E-state index contributed by atoms with van der Waals surface area (Å²) < 4.78 is 5.17. The lowest BCUT2D eigenvalue weighted by molar-refractivity contribution is 0.474. The lowest BCUT2D eigenvalue weighted by Crippen LogP contribution is -2.42. The zero-order valence-electron chi connectivity index (χ0n) is 26.7. The number of hydrogen-bond acceptors (Lipinski definition) is 6. The molecule has 0 radical (unpaired) electrons. The fourth-order valence-electron chi connectivity index (χ4n) is 6.03. The molecule has 1 N–H and O–H groups in total. The molecule has 10 nitrogen and oxygen atoms in total. The second-order valence-corrected chi connectivity index (χ2v) is 12.2. The molecule has 6 aromatic rings. The van der Waals surface area contributed by atoms with Crippen molar-refractivity contribution in [3.05, 3.63) is 117 Å². The third-order valence-electron chi connectivity index (χ3n) is 8.35. The number of rotatable bonds is 13. The highest BCUT2D eigenvalue weighted by Crippen LogP contribution is 2.30. The van der Waals surface area contributed by atoms with E-state index in [1.165, 1.54) is 4.57 Å². The third-order valence-corrected chi connectivity index (χ3v) is 8.35. The molecule has 3 aromatic carbocycles. The van der Waals surface area contributed by atoms with Crippen molar-refractivity contribution in [3.8, 4) is 22.5 Å². The Morgan fingerprint density at radius 2 is 1.52 bits per heavy atom. The topological polar surface area (TPSA) is 116 Å². The van der Waals surface area contributed by atoms with Gasteiger partial charge in [0.15, 0.2) is 17.0 Å². The van der Waals surface area contributed by atoms with Gasteiger partial charge in [0.05, 0.1) is 0 Å². The van der Waals surface area contributed by atoms with Gasteiger partial charge in [0.1, 0.15) is 5.82 Å². The lowest BCUT2D eigenvalue weighted by atomic mass is 9.98. The summed E-state index contributed by atoms with van der Waals surface area (Å²) in [6.45, 7) is 7.49.